The molecule has 0 saturated carbocycles. The van der Waals surface area contributed by atoms with E-state index in [1.165, 1.54) is 48.5 Å². The Morgan fingerprint density at radius 3 is 0.833 bits per heavy atom. The van der Waals surface area contributed by atoms with Crippen molar-refractivity contribution in [1.29, 1.82) is 0 Å². The van der Waals surface area contributed by atoms with E-state index >= 15 is 0 Å². The van der Waals surface area contributed by atoms with Crippen LogP contribution in [0.1, 0.15) is 22.8 Å². The number of hydrogen-bond donors (Lipinski definition) is 2. The molecular weight excluding hydrogens is 769 g/mol. The van der Waals surface area contributed by atoms with Gasteiger partial charge in [-0.3, -0.25) is 40.5 Å². The van der Waals surface area contributed by atoms with Gasteiger partial charge in [0.2, 0.25) is 0 Å². The van der Waals surface area contributed by atoms with Crippen molar-refractivity contribution in [3.63, 3.8) is 0 Å². The molecule has 0 amide bonds. The fraction of sp³-hybridized carbons (Fsp3) is 0. The van der Waals surface area contributed by atoms with E-state index in [1.807, 2.05) is 36.4 Å². The maximum Gasteiger partial charge on any atom is 0.269 e. The van der Waals surface area contributed by atoms with Crippen LogP contribution in [-0.4, -0.2) is 39.6 Å². The average molecular weight is 795 g/mol. The van der Waals surface area contributed by atoms with Gasteiger partial charge >= 0.3 is 0 Å². The van der Waals surface area contributed by atoms with Gasteiger partial charge in [-0.2, -0.15) is 0 Å². The third-order valence-electron chi connectivity index (χ3n) is 10.2. The summed E-state index contributed by atoms with van der Waals surface area (Å²) < 4.78 is 0. The largest absolute Gasteiger partial charge is 0.354 e. The second kappa shape index (κ2) is 14.5. The van der Waals surface area contributed by atoms with Crippen LogP contribution in [0.4, 0.5) is 22.7 Å². The van der Waals surface area contributed by atoms with Crippen LogP contribution in [0.2, 0.25) is 0 Å². The van der Waals surface area contributed by atoms with E-state index in [0.29, 0.717) is 89.4 Å². The molecule has 2 aliphatic rings. The van der Waals surface area contributed by atoms with E-state index in [9.17, 15) is 40.5 Å². The van der Waals surface area contributed by atoms with Gasteiger partial charge in [0.05, 0.1) is 42.5 Å². The minimum Gasteiger partial charge on any atom is -0.354 e. The molecule has 4 aromatic carbocycles. The van der Waals surface area contributed by atoms with Crippen molar-refractivity contribution >= 4 is 69.1 Å². The van der Waals surface area contributed by atoms with Gasteiger partial charge in [0.15, 0.2) is 0 Å². The Hall–Kier alpha value is -8.92. The molecule has 0 fully saturated rings. The first-order valence-corrected chi connectivity index (χ1v) is 18.2. The van der Waals surface area contributed by atoms with E-state index in [-0.39, 0.29) is 22.7 Å². The second-order valence-corrected chi connectivity index (χ2v) is 13.7. The first-order valence-electron chi connectivity index (χ1n) is 18.2. The summed E-state index contributed by atoms with van der Waals surface area (Å²) in [6.07, 6.45) is 7.23. The summed E-state index contributed by atoms with van der Waals surface area (Å²) in [5.74, 6) is 0. The molecule has 3 aromatic heterocycles. The lowest BCUT2D eigenvalue weighted by Gasteiger charge is -2.07. The van der Waals surface area contributed by atoms with Crippen LogP contribution in [0.5, 0.6) is 0 Å². The number of non-ortho nitro benzene ring substituents is 4. The molecular formula is C44H26N8O8. The average Bonchev–Trinajstić information content (AvgIpc) is 4.10. The minimum absolute atomic E-state index is 0.0874. The predicted octanol–water partition coefficient (Wildman–Crippen LogP) is 11.0. The topological polar surface area (TPSA) is 230 Å². The van der Waals surface area contributed by atoms with Crippen molar-refractivity contribution in [2.24, 2.45) is 0 Å². The molecule has 0 aliphatic carbocycles. The van der Waals surface area contributed by atoms with Crippen LogP contribution in [0, 0.1) is 40.5 Å². The zero-order valence-electron chi connectivity index (χ0n) is 30.8. The molecule has 0 radical (unpaired) electrons. The van der Waals surface area contributed by atoms with Crippen LogP contribution in [-0.2, 0) is 0 Å². The number of nitrogens with zero attached hydrogens (tertiary/aromatic N) is 6. The summed E-state index contributed by atoms with van der Waals surface area (Å²) in [6.45, 7) is 0. The van der Waals surface area contributed by atoms with E-state index in [4.69, 9.17) is 9.97 Å². The number of hydrogen-bond acceptors (Lipinski definition) is 10. The maximum atomic E-state index is 11.6. The summed E-state index contributed by atoms with van der Waals surface area (Å²) in [7, 11) is 0. The van der Waals surface area contributed by atoms with Crippen molar-refractivity contribution in [3.05, 3.63) is 185 Å². The SMILES string of the molecule is O=[N+]([O-])c1ccc(-c2c3nc(c(-c4ccc([N+](=O)[O-])cc4)c4ccc([nH]4)c(-c4ccc([N+](=O)[O-])cc4)c4ccc([nH]4)c(-c4ccc([N+](=O)[O-])cc4)c4nc2C=C4)C=C3)cc1. The number of nitro benzene ring substituents is 4. The Balaban J connectivity index is 1.43. The van der Waals surface area contributed by atoms with E-state index in [0.717, 1.165) is 0 Å². The normalized spacial score (nSPS) is 11.7. The van der Waals surface area contributed by atoms with Gasteiger partial charge in [-0.15, -0.1) is 0 Å². The lowest BCUT2D eigenvalue weighted by atomic mass is 10.0. The maximum absolute atomic E-state index is 11.6. The summed E-state index contributed by atoms with van der Waals surface area (Å²) in [6, 6.07) is 31.8. The Labute approximate surface area is 337 Å². The Morgan fingerprint density at radius 1 is 0.317 bits per heavy atom. The molecule has 8 bridgehead atoms. The number of H-pyrrole nitrogens is 2. The van der Waals surface area contributed by atoms with Crippen LogP contribution in [0.15, 0.2) is 121 Å². The molecule has 0 unspecified atom stereocenters. The molecule has 0 atom stereocenters. The summed E-state index contributed by atoms with van der Waals surface area (Å²) in [4.78, 5) is 61.8. The third-order valence-corrected chi connectivity index (χ3v) is 10.2. The van der Waals surface area contributed by atoms with Crippen LogP contribution >= 0.6 is 0 Å². The molecule has 2 N–H and O–H groups in total. The number of fused-ring (bicyclic) bond motifs is 8. The molecule has 5 heterocycles. The number of nitro groups is 4. The highest BCUT2D eigenvalue weighted by molar-refractivity contribution is 6.00. The van der Waals surface area contributed by atoms with Gasteiger partial charge in [0.1, 0.15) is 0 Å². The molecule has 9 rings (SSSR count). The highest BCUT2D eigenvalue weighted by Gasteiger charge is 2.21. The zero-order valence-corrected chi connectivity index (χ0v) is 30.8. The number of benzene rings is 4. The molecule has 0 spiro atoms. The van der Waals surface area contributed by atoms with Gasteiger partial charge < -0.3 is 9.97 Å². The van der Waals surface area contributed by atoms with Gasteiger partial charge in [-0.25, -0.2) is 9.97 Å². The van der Waals surface area contributed by atoms with Crippen molar-refractivity contribution in [1.82, 2.24) is 19.9 Å². The standard InChI is InChI=1S/C44H26N8O8/c53-49(54)29-9-1-25(2-10-29)41-33-17-19-35(45-33)42(26-3-11-30(12-4-26)50(55)56)37-21-23-39(47-37)44(28-7-15-32(16-8-28)52(59)60)40-24-22-38(48-40)43(36-20-18-34(41)46-36)27-5-13-31(14-6-27)51(57)58/h1-24,45-46H. The number of aromatic nitrogens is 4. The highest BCUT2D eigenvalue weighted by atomic mass is 16.6. The van der Waals surface area contributed by atoms with Crippen molar-refractivity contribution < 1.29 is 19.7 Å². The van der Waals surface area contributed by atoms with E-state index in [1.54, 1.807) is 60.7 Å². The quantitative estimate of drug-likeness (QED) is 0.109. The summed E-state index contributed by atoms with van der Waals surface area (Å²) in [5, 5.41) is 46.5. The van der Waals surface area contributed by atoms with Crippen LogP contribution in [0.3, 0.4) is 0 Å². The molecule has 16 heteroatoms. The van der Waals surface area contributed by atoms with Crippen molar-refractivity contribution in [3.8, 4) is 44.5 Å². The van der Waals surface area contributed by atoms with Crippen LogP contribution in [0.25, 0.3) is 90.9 Å². The molecule has 290 valence electrons. The number of aromatic amines is 2. The van der Waals surface area contributed by atoms with E-state index in [2.05, 4.69) is 9.97 Å². The minimum atomic E-state index is -0.484. The lowest BCUT2D eigenvalue weighted by molar-refractivity contribution is -0.385. The third kappa shape index (κ3) is 6.60. The first-order chi connectivity index (χ1) is 29.0. The molecule has 0 saturated heterocycles. The second-order valence-electron chi connectivity index (χ2n) is 13.7. The van der Waals surface area contributed by atoms with Crippen LogP contribution < -0.4 is 0 Å². The van der Waals surface area contributed by atoms with Crippen molar-refractivity contribution in [2.45, 2.75) is 0 Å². The van der Waals surface area contributed by atoms with Gasteiger partial charge in [0.25, 0.3) is 22.7 Å². The predicted molar refractivity (Wildman–Crippen MR) is 227 cm³/mol. The fourth-order valence-electron chi connectivity index (χ4n) is 7.42. The Bertz CT molecular complexity index is 3030. The smallest absolute Gasteiger partial charge is 0.269 e. The number of nitrogens with one attached hydrogen (secondary N) is 2. The first kappa shape index (κ1) is 36.7. The number of rotatable bonds is 8. The zero-order chi connectivity index (χ0) is 41.7. The Kier molecular flexibility index (Phi) is 8.90. The molecule has 16 nitrogen and oxygen atoms in total. The molecule has 2 aliphatic heterocycles. The lowest BCUT2D eigenvalue weighted by Crippen LogP contribution is -1.92. The summed E-state index contributed by atoms with van der Waals surface area (Å²) >= 11 is 0. The monoisotopic (exact) mass is 794 g/mol. The summed E-state index contributed by atoms with van der Waals surface area (Å²) in [5.41, 5.74) is 8.95. The Morgan fingerprint density at radius 2 is 0.550 bits per heavy atom. The molecule has 7 aromatic rings. The van der Waals surface area contributed by atoms with Gasteiger partial charge in [-0.1, -0.05) is 0 Å². The highest BCUT2D eigenvalue weighted by Crippen LogP contribution is 2.39. The van der Waals surface area contributed by atoms with Gasteiger partial charge in [-0.05, 0) is 119 Å². The fourth-order valence-corrected chi connectivity index (χ4v) is 7.42. The molecule has 60 heavy (non-hydrogen) atoms. The van der Waals surface area contributed by atoms with E-state index < -0.39 is 19.7 Å². The van der Waals surface area contributed by atoms with Crippen molar-refractivity contribution in [2.75, 3.05) is 0 Å². The van der Waals surface area contributed by atoms with Gasteiger partial charge in [0, 0.05) is 92.9 Å².